The van der Waals surface area contributed by atoms with E-state index >= 15 is 0 Å². The molecule has 0 heterocycles. The predicted molar refractivity (Wildman–Crippen MR) is 118 cm³/mol. The first-order valence-corrected chi connectivity index (χ1v) is 16.3. The lowest BCUT2D eigenvalue weighted by Gasteiger charge is -2.38. The molecule has 0 aromatic rings. The third kappa shape index (κ3) is 5.92. The highest BCUT2D eigenvalue weighted by molar-refractivity contribution is 6.75. The molecule has 1 aliphatic rings. The highest BCUT2D eigenvalue weighted by Crippen LogP contribution is 2.44. The molecule has 1 aliphatic carbocycles. The molecule has 1 saturated carbocycles. The summed E-state index contributed by atoms with van der Waals surface area (Å²) in [5, 5.41) is 0.00386. The number of esters is 1. The zero-order valence-electron chi connectivity index (χ0n) is 19.9. The Hall–Kier alpha value is -0.666. The van der Waals surface area contributed by atoms with Crippen LogP contribution in [0.2, 0.25) is 36.3 Å². The summed E-state index contributed by atoms with van der Waals surface area (Å²) < 4.78 is 17.8. The Morgan fingerprint density at radius 2 is 1.25 bits per heavy atom. The van der Waals surface area contributed by atoms with Crippen LogP contribution in [0.3, 0.4) is 0 Å². The van der Waals surface area contributed by atoms with Crippen LogP contribution in [-0.4, -0.2) is 41.3 Å². The Labute approximate surface area is 174 Å². The van der Waals surface area contributed by atoms with E-state index in [9.17, 15) is 9.59 Å². The minimum absolute atomic E-state index is 0.0717. The standard InChI is InChI=1S/C21H42O5Si2/c1-12-24-18(22)16-13-15(25-27(8,9)20(2,3)4)14-17(16)19(23)26-28(10,11)21(5,6)7/h15-17H,12-14H2,1-11H3. The van der Waals surface area contributed by atoms with Crippen LogP contribution in [0, 0.1) is 11.8 Å². The maximum atomic E-state index is 13.1. The molecule has 0 saturated heterocycles. The molecule has 0 amide bonds. The van der Waals surface area contributed by atoms with Gasteiger partial charge in [0.1, 0.15) is 0 Å². The van der Waals surface area contributed by atoms with Gasteiger partial charge in [0.2, 0.25) is 0 Å². The number of carbonyl (C=O) groups excluding carboxylic acids is 2. The maximum Gasteiger partial charge on any atom is 0.309 e. The highest BCUT2D eigenvalue weighted by Gasteiger charge is 2.50. The molecule has 164 valence electrons. The van der Waals surface area contributed by atoms with Crippen LogP contribution in [0.5, 0.6) is 0 Å². The van der Waals surface area contributed by atoms with Crippen molar-refractivity contribution in [1.29, 1.82) is 0 Å². The normalized spacial score (nSPS) is 24.2. The molecule has 7 heteroatoms. The largest absolute Gasteiger partial charge is 0.519 e. The van der Waals surface area contributed by atoms with Crippen molar-refractivity contribution < 1.29 is 23.2 Å². The lowest BCUT2D eigenvalue weighted by molar-refractivity contribution is -0.155. The van der Waals surface area contributed by atoms with Crippen molar-refractivity contribution in [3.63, 3.8) is 0 Å². The molecule has 0 aromatic heterocycles. The fourth-order valence-corrected chi connectivity index (χ4v) is 5.27. The van der Waals surface area contributed by atoms with Gasteiger partial charge in [-0.3, -0.25) is 9.59 Å². The minimum atomic E-state index is -2.25. The van der Waals surface area contributed by atoms with Gasteiger partial charge in [0.15, 0.2) is 8.32 Å². The zero-order chi connectivity index (χ0) is 22.1. The molecule has 1 fully saturated rings. The second-order valence-electron chi connectivity index (χ2n) is 11.1. The van der Waals surface area contributed by atoms with Gasteiger partial charge in [0, 0.05) is 6.10 Å². The van der Waals surface area contributed by atoms with Crippen molar-refractivity contribution in [1.82, 2.24) is 0 Å². The summed E-state index contributed by atoms with van der Waals surface area (Å²) in [6, 6.07) is 0. The fourth-order valence-electron chi connectivity index (χ4n) is 2.93. The Morgan fingerprint density at radius 3 is 1.64 bits per heavy atom. The smallest absolute Gasteiger partial charge is 0.309 e. The van der Waals surface area contributed by atoms with Crippen LogP contribution < -0.4 is 0 Å². The third-order valence-corrected chi connectivity index (χ3v) is 15.7. The summed E-state index contributed by atoms with van der Waals surface area (Å²) in [5.74, 6) is -1.53. The van der Waals surface area contributed by atoms with Crippen molar-refractivity contribution >= 4 is 28.6 Å². The first-order valence-electron chi connectivity index (χ1n) is 10.5. The first kappa shape index (κ1) is 25.4. The van der Waals surface area contributed by atoms with Crippen LogP contribution in [0.25, 0.3) is 0 Å². The molecular weight excluding hydrogens is 388 g/mol. The van der Waals surface area contributed by atoms with E-state index in [2.05, 4.69) is 67.7 Å². The molecule has 0 bridgehead atoms. The first-order chi connectivity index (χ1) is 12.4. The zero-order valence-corrected chi connectivity index (χ0v) is 21.9. The van der Waals surface area contributed by atoms with Crippen LogP contribution in [0.4, 0.5) is 0 Å². The van der Waals surface area contributed by atoms with Gasteiger partial charge in [-0.2, -0.15) is 0 Å². The fraction of sp³-hybridized carbons (Fsp3) is 0.905. The second-order valence-corrected chi connectivity index (χ2v) is 20.6. The highest BCUT2D eigenvalue weighted by atomic mass is 28.4. The van der Waals surface area contributed by atoms with Gasteiger partial charge in [-0.05, 0) is 56.0 Å². The molecule has 0 aromatic carbocycles. The van der Waals surface area contributed by atoms with Crippen LogP contribution in [0.1, 0.15) is 61.3 Å². The van der Waals surface area contributed by atoms with E-state index in [0.29, 0.717) is 19.4 Å². The molecule has 3 atom stereocenters. The van der Waals surface area contributed by atoms with Gasteiger partial charge < -0.3 is 13.6 Å². The Kier molecular flexibility index (Phi) is 7.79. The van der Waals surface area contributed by atoms with Gasteiger partial charge in [-0.25, -0.2) is 0 Å². The van der Waals surface area contributed by atoms with E-state index in [1.807, 2.05) is 0 Å². The van der Waals surface area contributed by atoms with Crippen molar-refractivity contribution in [2.45, 2.75) is 104 Å². The summed E-state index contributed by atoms with van der Waals surface area (Å²) in [6.45, 7) is 23.5. The molecule has 5 nitrogen and oxygen atoms in total. The van der Waals surface area contributed by atoms with Gasteiger partial charge in [-0.15, -0.1) is 0 Å². The van der Waals surface area contributed by atoms with Crippen LogP contribution in [-0.2, 0) is 23.2 Å². The van der Waals surface area contributed by atoms with Crippen molar-refractivity contribution in [2.24, 2.45) is 11.8 Å². The molecule has 3 unspecified atom stereocenters. The van der Waals surface area contributed by atoms with Gasteiger partial charge in [-0.1, -0.05) is 41.5 Å². The monoisotopic (exact) mass is 430 g/mol. The summed E-state index contributed by atoms with van der Waals surface area (Å²) in [6.07, 6.45) is 0.957. The molecule has 0 aliphatic heterocycles. The Morgan fingerprint density at radius 1 is 0.821 bits per heavy atom. The minimum Gasteiger partial charge on any atom is -0.519 e. The molecule has 0 spiro atoms. The lowest BCUT2D eigenvalue weighted by atomic mass is 9.96. The molecule has 0 radical (unpaired) electrons. The lowest BCUT2D eigenvalue weighted by Crippen LogP contribution is -2.45. The summed E-state index contributed by atoms with van der Waals surface area (Å²) in [4.78, 5) is 25.7. The number of hydrogen-bond donors (Lipinski definition) is 0. The molecule has 28 heavy (non-hydrogen) atoms. The van der Waals surface area contributed by atoms with Gasteiger partial charge in [0.25, 0.3) is 14.3 Å². The van der Waals surface area contributed by atoms with Crippen molar-refractivity contribution in [2.75, 3.05) is 6.61 Å². The second kappa shape index (κ2) is 8.60. The SMILES string of the molecule is CCOC(=O)C1CC(O[Si](C)(C)C(C)(C)C)CC1C(=O)O[Si](C)(C)C(C)(C)C. The molecular formula is C21H42O5Si2. The maximum absolute atomic E-state index is 13.1. The topological polar surface area (TPSA) is 61.8 Å². The van der Waals surface area contributed by atoms with Crippen molar-refractivity contribution in [3.05, 3.63) is 0 Å². The van der Waals surface area contributed by atoms with Crippen LogP contribution in [0.15, 0.2) is 0 Å². The molecule has 1 rings (SSSR count). The van der Waals surface area contributed by atoms with Crippen LogP contribution >= 0.6 is 0 Å². The number of hydrogen-bond acceptors (Lipinski definition) is 5. The van der Waals surface area contributed by atoms with E-state index in [1.165, 1.54) is 0 Å². The molecule has 0 N–H and O–H groups in total. The summed E-state index contributed by atoms with van der Waals surface area (Å²) in [7, 11) is -4.24. The number of ether oxygens (including phenoxy) is 1. The number of rotatable bonds is 6. The van der Waals surface area contributed by atoms with E-state index in [-0.39, 0.29) is 28.1 Å². The van der Waals surface area contributed by atoms with E-state index in [1.54, 1.807) is 6.92 Å². The average molecular weight is 431 g/mol. The summed E-state index contributed by atoms with van der Waals surface area (Å²) >= 11 is 0. The van der Waals surface area contributed by atoms with E-state index < -0.39 is 28.5 Å². The predicted octanol–water partition coefficient (Wildman–Crippen LogP) is 5.51. The van der Waals surface area contributed by atoms with Crippen molar-refractivity contribution in [3.8, 4) is 0 Å². The quantitative estimate of drug-likeness (QED) is 0.410. The van der Waals surface area contributed by atoms with E-state index in [4.69, 9.17) is 13.6 Å². The Balaban J connectivity index is 3.03. The van der Waals surface area contributed by atoms with Gasteiger partial charge in [0.05, 0.1) is 18.4 Å². The van der Waals surface area contributed by atoms with Gasteiger partial charge >= 0.3 is 5.97 Å². The summed E-state index contributed by atoms with van der Waals surface area (Å²) in [5.41, 5.74) is 0. The number of carbonyl (C=O) groups is 2. The Bertz CT molecular complexity index is 572. The average Bonchev–Trinajstić information content (AvgIpc) is 2.88. The third-order valence-electron chi connectivity index (χ3n) is 6.84. The van der Waals surface area contributed by atoms with E-state index in [0.717, 1.165) is 0 Å².